The van der Waals surface area contributed by atoms with Crippen LogP contribution in [0.25, 0.3) is 22.0 Å². The fourth-order valence-electron chi connectivity index (χ4n) is 3.70. The molecular formula is C29H22BrN3O2S2. The van der Waals surface area contributed by atoms with E-state index in [0.717, 1.165) is 31.4 Å². The molecule has 0 aliphatic heterocycles. The Morgan fingerprint density at radius 2 is 1.62 bits per heavy atom. The van der Waals surface area contributed by atoms with Crippen LogP contribution in [0.4, 0.5) is 10.8 Å². The highest BCUT2D eigenvalue weighted by Gasteiger charge is 2.17. The van der Waals surface area contributed by atoms with Gasteiger partial charge >= 0.3 is 0 Å². The van der Waals surface area contributed by atoms with Crippen LogP contribution in [0, 0.1) is 0 Å². The van der Waals surface area contributed by atoms with Crippen LogP contribution in [0.15, 0.2) is 106 Å². The van der Waals surface area contributed by atoms with Crippen molar-refractivity contribution in [1.82, 2.24) is 4.98 Å². The molecule has 0 bridgehead atoms. The maximum absolute atomic E-state index is 12.7. The lowest BCUT2D eigenvalue weighted by atomic mass is 10.1. The van der Waals surface area contributed by atoms with Crippen molar-refractivity contribution in [3.8, 4) is 11.3 Å². The molecule has 4 aromatic carbocycles. The molecule has 2 amide bonds. The van der Waals surface area contributed by atoms with Gasteiger partial charge in [-0.2, -0.15) is 0 Å². The first-order valence-corrected chi connectivity index (χ1v) is 14.1. The average molecular weight is 589 g/mol. The largest absolute Gasteiger partial charge is 0.322 e. The number of thiazole rings is 1. The Morgan fingerprint density at radius 1 is 0.892 bits per heavy atom. The Labute approximate surface area is 231 Å². The lowest BCUT2D eigenvalue weighted by molar-refractivity contribution is -0.115. The molecule has 2 N–H and O–H groups in total. The van der Waals surface area contributed by atoms with Gasteiger partial charge in [0.25, 0.3) is 5.91 Å². The SMILES string of the molecule is CC(Sc1ccc(NC(=O)c2ccc3ccccc3c2)cc1)C(=O)Nc1nc(-c2ccc(Br)cc2)cs1. The summed E-state index contributed by atoms with van der Waals surface area (Å²) in [6.45, 7) is 1.86. The zero-order valence-electron chi connectivity index (χ0n) is 19.8. The van der Waals surface area contributed by atoms with Crippen molar-refractivity contribution in [2.75, 3.05) is 10.6 Å². The topological polar surface area (TPSA) is 71.1 Å². The van der Waals surface area contributed by atoms with Crippen LogP contribution in [-0.4, -0.2) is 22.0 Å². The van der Waals surface area contributed by atoms with Crippen molar-refractivity contribution in [3.05, 3.63) is 106 Å². The second kappa shape index (κ2) is 11.3. The van der Waals surface area contributed by atoms with Crippen molar-refractivity contribution in [2.45, 2.75) is 17.1 Å². The molecule has 5 nitrogen and oxygen atoms in total. The molecule has 1 unspecified atom stereocenters. The van der Waals surface area contributed by atoms with Crippen molar-refractivity contribution in [3.63, 3.8) is 0 Å². The first kappa shape index (κ1) is 25.2. The summed E-state index contributed by atoms with van der Waals surface area (Å²) in [5.41, 5.74) is 3.13. The summed E-state index contributed by atoms with van der Waals surface area (Å²) in [6.07, 6.45) is 0. The fourth-order valence-corrected chi connectivity index (χ4v) is 5.55. The van der Waals surface area contributed by atoms with E-state index in [1.54, 1.807) is 0 Å². The van der Waals surface area contributed by atoms with Gasteiger partial charge in [0.2, 0.25) is 5.91 Å². The lowest BCUT2D eigenvalue weighted by Gasteiger charge is -2.11. The number of rotatable bonds is 7. The third-order valence-electron chi connectivity index (χ3n) is 5.68. The fraction of sp³-hybridized carbons (Fsp3) is 0.0690. The number of carbonyl (C=O) groups excluding carboxylic acids is 2. The molecule has 0 spiro atoms. The highest BCUT2D eigenvalue weighted by molar-refractivity contribution is 9.10. The number of nitrogens with one attached hydrogen (secondary N) is 2. The molecule has 5 aromatic rings. The molecule has 184 valence electrons. The Balaban J connectivity index is 1.16. The quantitative estimate of drug-likeness (QED) is 0.189. The minimum atomic E-state index is -0.321. The summed E-state index contributed by atoms with van der Waals surface area (Å²) < 4.78 is 1.01. The van der Waals surface area contributed by atoms with E-state index in [-0.39, 0.29) is 17.1 Å². The van der Waals surface area contributed by atoms with Gasteiger partial charge in [0, 0.05) is 31.6 Å². The van der Waals surface area contributed by atoms with Crippen molar-refractivity contribution in [2.24, 2.45) is 0 Å². The first-order chi connectivity index (χ1) is 17.9. The van der Waals surface area contributed by atoms with Crippen LogP contribution in [0.1, 0.15) is 17.3 Å². The number of amides is 2. The highest BCUT2D eigenvalue weighted by Crippen LogP contribution is 2.29. The molecule has 8 heteroatoms. The van der Waals surface area contributed by atoms with E-state index in [4.69, 9.17) is 0 Å². The summed E-state index contributed by atoms with van der Waals surface area (Å²) in [7, 11) is 0. The molecule has 0 aliphatic carbocycles. The molecule has 37 heavy (non-hydrogen) atoms. The monoisotopic (exact) mass is 587 g/mol. The number of halogens is 1. The second-order valence-corrected chi connectivity index (χ2v) is 11.5. The number of benzene rings is 4. The zero-order chi connectivity index (χ0) is 25.8. The number of hydrogen-bond donors (Lipinski definition) is 2. The van der Waals surface area contributed by atoms with Gasteiger partial charge < -0.3 is 10.6 Å². The van der Waals surface area contributed by atoms with Crippen LogP contribution in [0.2, 0.25) is 0 Å². The van der Waals surface area contributed by atoms with Gasteiger partial charge in [-0.05, 0) is 66.2 Å². The van der Waals surface area contributed by atoms with E-state index in [1.807, 2.05) is 103 Å². The standard InChI is InChI=1S/C29H22BrN3O2S2/c1-18(27(34)33-29-32-26(17-36-29)20-8-10-23(30)11-9-20)37-25-14-12-24(13-15-25)31-28(35)22-7-6-19-4-2-3-5-21(19)16-22/h2-18H,1H3,(H,31,35)(H,32,33,34). The van der Waals surface area contributed by atoms with Crippen molar-refractivity contribution >= 4 is 72.4 Å². The Kier molecular flexibility index (Phi) is 7.69. The van der Waals surface area contributed by atoms with E-state index in [2.05, 4.69) is 31.5 Å². The molecular weight excluding hydrogens is 566 g/mol. The van der Waals surface area contributed by atoms with Gasteiger partial charge in [-0.15, -0.1) is 23.1 Å². The summed E-state index contributed by atoms with van der Waals surface area (Å²) in [4.78, 5) is 30.9. The van der Waals surface area contributed by atoms with Crippen LogP contribution in [-0.2, 0) is 4.79 Å². The third-order valence-corrected chi connectivity index (χ3v) is 8.08. The third kappa shape index (κ3) is 6.28. The number of thioether (sulfide) groups is 1. The van der Waals surface area contributed by atoms with Crippen LogP contribution < -0.4 is 10.6 Å². The molecule has 5 rings (SSSR count). The van der Waals surface area contributed by atoms with Gasteiger partial charge in [0.05, 0.1) is 10.9 Å². The Hall–Kier alpha value is -3.46. The highest BCUT2D eigenvalue weighted by atomic mass is 79.9. The number of fused-ring (bicyclic) bond motifs is 1. The number of carbonyl (C=O) groups is 2. The van der Waals surface area contributed by atoms with E-state index < -0.39 is 0 Å². The number of aromatic nitrogens is 1. The Bertz CT molecular complexity index is 1570. The summed E-state index contributed by atoms with van der Waals surface area (Å²) in [6, 6.07) is 29.0. The first-order valence-electron chi connectivity index (χ1n) is 11.5. The molecule has 0 saturated carbocycles. The predicted octanol–water partition coefficient (Wildman–Crippen LogP) is 8.10. The van der Waals surface area contributed by atoms with E-state index >= 15 is 0 Å². The lowest BCUT2D eigenvalue weighted by Crippen LogP contribution is -2.22. The van der Waals surface area contributed by atoms with Gasteiger partial charge in [-0.1, -0.05) is 58.4 Å². The second-order valence-electron chi connectivity index (χ2n) is 8.33. The average Bonchev–Trinajstić information content (AvgIpc) is 3.38. The van der Waals surface area contributed by atoms with Gasteiger partial charge in [0.1, 0.15) is 0 Å². The minimum Gasteiger partial charge on any atom is -0.322 e. The van der Waals surface area contributed by atoms with Crippen LogP contribution in [0.3, 0.4) is 0 Å². The number of hydrogen-bond acceptors (Lipinski definition) is 5. The minimum absolute atomic E-state index is 0.115. The van der Waals surface area contributed by atoms with Gasteiger partial charge in [-0.25, -0.2) is 4.98 Å². The summed E-state index contributed by atoms with van der Waals surface area (Å²) in [5, 5.41) is 10.2. The van der Waals surface area contributed by atoms with E-state index in [0.29, 0.717) is 16.4 Å². The molecule has 0 radical (unpaired) electrons. The maximum Gasteiger partial charge on any atom is 0.255 e. The summed E-state index contributed by atoms with van der Waals surface area (Å²) in [5.74, 6) is -0.278. The molecule has 0 aliphatic rings. The number of anilines is 2. The van der Waals surface area contributed by atoms with Crippen LogP contribution in [0.5, 0.6) is 0 Å². The normalized spacial score (nSPS) is 11.7. The summed E-state index contributed by atoms with van der Waals surface area (Å²) >= 11 is 6.29. The zero-order valence-corrected chi connectivity index (χ0v) is 23.0. The van der Waals surface area contributed by atoms with E-state index in [1.165, 1.54) is 23.1 Å². The maximum atomic E-state index is 12.7. The van der Waals surface area contributed by atoms with Gasteiger partial charge in [0.15, 0.2) is 5.13 Å². The molecule has 1 aromatic heterocycles. The smallest absolute Gasteiger partial charge is 0.255 e. The van der Waals surface area contributed by atoms with Crippen molar-refractivity contribution in [1.29, 1.82) is 0 Å². The van der Waals surface area contributed by atoms with Crippen molar-refractivity contribution < 1.29 is 9.59 Å². The van der Waals surface area contributed by atoms with Gasteiger partial charge in [-0.3, -0.25) is 9.59 Å². The number of nitrogens with zero attached hydrogens (tertiary/aromatic N) is 1. The van der Waals surface area contributed by atoms with E-state index in [9.17, 15) is 9.59 Å². The Morgan fingerprint density at radius 3 is 2.38 bits per heavy atom. The molecule has 1 heterocycles. The van der Waals surface area contributed by atoms with Crippen LogP contribution >= 0.6 is 39.0 Å². The molecule has 1 atom stereocenters. The molecule has 0 saturated heterocycles. The molecule has 0 fully saturated rings. The predicted molar refractivity (Wildman–Crippen MR) is 158 cm³/mol.